The number of benzene rings is 3. The van der Waals surface area contributed by atoms with E-state index in [1.165, 1.54) is 12.1 Å². The molecule has 3 aromatic carbocycles. The second kappa shape index (κ2) is 8.42. The second-order valence-corrected chi connectivity index (χ2v) is 8.28. The molecule has 0 bridgehead atoms. The van der Waals surface area contributed by atoms with Crippen molar-refractivity contribution in [1.82, 2.24) is 4.98 Å². The molecule has 6 nitrogen and oxygen atoms in total. The van der Waals surface area contributed by atoms with Crippen LogP contribution in [0.25, 0.3) is 11.5 Å². The summed E-state index contributed by atoms with van der Waals surface area (Å²) < 4.78 is 37.8. The van der Waals surface area contributed by atoms with Gasteiger partial charge in [-0.15, -0.1) is 0 Å². The number of rotatable bonds is 7. The van der Waals surface area contributed by atoms with E-state index in [1.807, 2.05) is 37.3 Å². The van der Waals surface area contributed by atoms with Crippen LogP contribution < -0.4 is 10.1 Å². The van der Waals surface area contributed by atoms with Gasteiger partial charge in [0.25, 0.3) is 0 Å². The van der Waals surface area contributed by atoms with E-state index in [4.69, 9.17) is 9.15 Å². The lowest BCUT2D eigenvalue weighted by Gasteiger charge is -2.07. The molecular formula is C23H20N2O4S. The average Bonchev–Trinajstić information content (AvgIpc) is 3.21. The van der Waals surface area contributed by atoms with Crippen LogP contribution in [0.3, 0.4) is 0 Å². The van der Waals surface area contributed by atoms with Gasteiger partial charge in [0, 0.05) is 11.3 Å². The first-order valence-electron chi connectivity index (χ1n) is 9.44. The Morgan fingerprint density at radius 2 is 1.53 bits per heavy atom. The SMILES string of the molecule is CCOc1ccc(Nc2oc(-c3ccccc3)nc2S(=O)(=O)c2ccccc2)cc1. The molecule has 0 aliphatic carbocycles. The Labute approximate surface area is 175 Å². The van der Waals surface area contributed by atoms with Crippen molar-refractivity contribution >= 4 is 21.4 Å². The highest BCUT2D eigenvalue weighted by Crippen LogP contribution is 2.34. The van der Waals surface area contributed by atoms with Crippen molar-refractivity contribution in [2.24, 2.45) is 0 Å². The third-order valence-electron chi connectivity index (χ3n) is 4.35. The molecule has 152 valence electrons. The summed E-state index contributed by atoms with van der Waals surface area (Å²) in [5.74, 6) is 1.00. The van der Waals surface area contributed by atoms with Gasteiger partial charge in [-0.3, -0.25) is 0 Å². The van der Waals surface area contributed by atoms with Crippen LogP contribution in [-0.2, 0) is 9.84 Å². The maximum absolute atomic E-state index is 13.2. The van der Waals surface area contributed by atoms with Gasteiger partial charge < -0.3 is 14.5 Å². The van der Waals surface area contributed by atoms with Gasteiger partial charge in [-0.25, -0.2) is 8.42 Å². The Bertz CT molecular complexity index is 1220. The number of nitrogens with zero attached hydrogens (tertiary/aromatic N) is 1. The van der Waals surface area contributed by atoms with E-state index in [1.54, 1.807) is 42.5 Å². The Balaban J connectivity index is 1.77. The standard InChI is InChI=1S/C23H20N2O4S/c1-2-28-19-15-13-18(14-16-19)24-22-23(30(26,27)20-11-7-4-8-12-20)25-21(29-22)17-9-5-3-6-10-17/h3-16,24H,2H2,1H3. The molecule has 0 amide bonds. The Morgan fingerprint density at radius 1 is 0.900 bits per heavy atom. The van der Waals surface area contributed by atoms with E-state index in [-0.39, 0.29) is 21.7 Å². The number of hydrogen-bond acceptors (Lipinski definition) is 6. The molecule has 1 N–H and O–H groups in total. The van der Waals surface area contributed by atoms with Crippen molar-refractivity contribution < 1.29 is 17.6 Å². The van der Waals surface area contributed by atoms with Gasteiger partial charge in [0.05, 0.1) is 11.5 Å². The first-order valence-corrected chi connectivity index (χ1v) is 10.9. The van der Waals surface area contributed by atoms with Crippen LogP contribution in [0.4, 0.5) is 11.6 Å². The highest BCUT2D eigenvalue weighted by Gasteiger charge is 2.28. The molecule has 0 fully saturated rings. The fourth-order valence-electron chi connectivity index (χ4n) is 2.91. The van der Waals surface area contributed by atoms with E-state index in [9.17, 15) is 8.42 Å². The maximum Gasteiger partial charge on any atom is 0.238 e. The van der Waals surface area contributed by atoms with E-state index in [0.717, 1.165) is 5.75 Å². The maximum atomic E-state index is 13.2. The lowest BCUT2D eigenvalue weighted by Crippen LogP contribution is -2.05. The fraction of sp³-hybridized carbons (Fsp3) is 0.0870. The van der Waals surface area contributed by atoms with Crippen LogP contribution >= 0.6 is 0 Å². The summed E-state index contributed by atoms with van der Waals surface area (Å²) >= 11 is 0. The van der Waals surface area contributed by atoms with E-state index in [0.29, 0.717) is 17.9 Å². The summed E-state index contributed by atoms with van der Waals surface area (Å²) in [4.78, 5) is 4.48. The predicted octanol–water partition coefficient (Wildman–Crippen LogP) is 5.32. The van der Waals surface area contributed by atoms with Gasteiger partial charge in [0.15, 0.2) is 0 Å². The molecule has 0 atom stereocenters. The monoisotopic (exact) mass is 420 g/mol. The van der Waals surface area contributed by atoms with Crippen molar-refractivity contribution in [3.63, 3.8) is 0 Å². The summed E-state index contributed by atoms with van der Waals surface area (Å²) in [5.41, 5.74) is 1.33. The van der Waals surface area contributed by atoms with E-state index >= 15 is 0 Å². The van der Waals surface area contributed by atoms with E-state index in [2.05, 4.69) is 10.3 Å². The molecule has 1 aromatic heterocycles. The first-order chi connectivity index (χ1) is 14.6. The van der Waals surface area contributed by atoms with Crippen LogP contribution in [0.15, 0.2) is 99.3 Å². The van der Waals surface area contributed by atoms with Gasteiger partial charge in [0.2, 0.25) is 26.6 Å². The lowest BCUT2D eigenvalue weighted by atomic mass is 10.2. The molecule has 4 rings (SSSR count). The summed E-state index contributed by atoms with van der Waals surface area (Å²) in [7, 11) is -3.89. The number of hydrogen-bond donors (Lipinski definition) is 1. The van der Waals surface area contributed by atoms with E-state index < -0.39 is 9.84 Å². The van der Waals surface area contributed by atoms with Crippen molar-refractivity contribution in [3.8, 4) is 17.2 Å². The van der Waals surface area contributed by atoms with Crippen LogP contribution in [0.1, 0.15) is 6.92 Å². The predicted molar refractivity (Wildman–Crippen MR) is 115 cm³/mol. The van der Waals surface area contributed by atoms with Gasteiger partial charge in [-0.05, 0) is 55.5 Å². The fourth-order valence-corrected chi connectivity index (χ4v) is 4.19. The summed E-state index contributed by atoms with van der Waals surface area (Å²) in [6.07, 6.45) is 0. The molecule has 0 aliphatic rings. The van der Waals surface area contributed by atoms with Crippen molar-refractivity contribution in [1.29, 1.82) is 0 Å². The van der Waals surface area contributed by atoms with Crippen LogP contribution in [0.2, 0.25) is 0 Å². The molecule has 7 heteroatoms. The summed E-state index contributed by atoms with van der Waals surface area (Å²) in [6, 6.07) is 24.5. The lowest BCUT2D eigenvalue weighted by molar-refractivity contribution is 0.340. The number of aromatic nitrogens is 1. The molecule has 0 unspecified atom stereocenters. The number of oxazole rings is 1. The van der Waals surface area contributed by atoms with Crippen LogP contribution in [0, 0.1) is 0 Å². The highest BCUT2D eigenvalue weighted by atomic mass is 32.2. The van der Waals surface area contributed by atoms with Gasteiger partial charge >= 0.3 is 0 Å². The number of anilines is 2. The van der Waals surface area contributed by atoms with Crippen LogP contribution in [0.5, 0.6) is 5.75 Å². The minimum atomic E-state index is -3.89. The Hall–Kier alpha value is -3.58. The van der Waals surface area contributed by atoms with Crippen molar-refractivity contribution in [3.05, 3.63) is 84.9 Å². The summed E-state index contributed by atoms with van der Waals surface area (Å²) in [6.45, 7) is 2.47. The zero-order valence-electron chi connectivity index (χ0n) is 16.3. The molecule has 1 heterocycles. The second-order valence-electron chi connectivity index (χ2n) is 6.42. The Kier molecular flexibility index (Phi) is 5.54. The smallest absolute Gasteiger partial charge is 0.238 e. The molecule has 30 heavy (non-hydrogen) atoms. The highest BCUT2D eigenvalue weighted by molar-refractivity contribution is 7.91. The van der Waals surface area contributed by atoms with Crippen LogP contribution in [-0.4, -0.2) is 20.0 Å². The van der Waals surface area contributed by atoms with Crippen molar-refractivity contribution in [2.45, 2.75) is 16.8 Å². The van der Waals surface area contributed by atoms with Gasteiger partial charge in [-0.2, -0.15) is 4.98 Å². The number of ether oxygens (including phenoxy) is 1. The van der Waals surface area contributed by atoms with Crippen molar-refractivity contribution in [2.75, 3.05) is 11.9 Å². The Morgan fingerprint density at radius 3 is 2.17 bits per heavy atom. The number of nitrogens with one attached hydrogen (secondary N) is 1. The number of sulfone groups is 1. The molecule has 0 aliphatic heterocycles. The molecule has 0 saturated heterocycles. The average molecular weight is 420 g/mol. The molecule has 0 saturated carbocycles. The van der Waals surface area contributed by atoms with Gasteiger partial charge in [-0.1, -0.05) is 36.4 Å². The molecular weight excluding hydrogens is 400 g/mol. The van der Waals surface area contributed by atoms with Gasteiger partial charge in [0.1, 0.15) is 5.75 Å². The third-order valence-corrected chi connectivity index (χ3v) is 6.03. The quantitative estimate of drug-likeness (QED) is 0.436. The summed E-state index contributed by atoms with van der Waals surface area (Å²) in [5, 5.41) is 2.88. The topological polar surface area (TPSA) is 81.4 Å². The first kappa shape index (κ1) is 19.7. The largest absolute Gasteiger partial charge is 0.494 e. The minimum absolute atomic E-state index is 0.0573. The molecule has 0 spiro atoms. The minimum Gasteiger partial charge on any atom is -0.494 e. The zero-order valence-corrected chi connectivity index (χ0v) is 17.1. The molecule has 0 radical (unpaired) electrons. The molecule has 4 aromatic rings. The zero-order chi connectivity index (χ0) is 21.0. The normalized spacial score (nSPS) is 11.2. The third kappa shape index (κ3) is 4.06.